The highest BCUT2D eigenvalue weighted by atomic mass is 35.5. The topological polar surface area (TPSA) is 96.4 Å². The zero-order valence-corrected chi connectivity index (χ0v) is 19.2. The van der Waals surface area contributed by atoms with Crippen molar-refractivity contribution in [2.45, 2.75) is 23.8 Å². The molecule has 9 heteroatoms. The van der Waals surface area contributed by atoms with Gasteiger partial charge in [0.15, 0.2) is 0 Å². The maximum atomic E-state index is 12.9. The highest BCUT2D eigenvalue weighted by Gasteiger charge is 2.20. The Kier molecular flexibility index (Phi) is 7.69. The number of carboxylic acid groups (broad SMARTS) is 1. The number of aromatic nitrogens is 1. The van der Waals surface area contributed by atoms with Crippen molar-refractivity contribution >= 4 is 39.2 Å². The molecule has 0 aliphatic heterocycles. The SMILES string of the molecule is C=CC(c1cncc(S(=O)(=O)NCc2cccc(CC(=O)O)c2)c1)c1cccc(Cl)c1Cl. The summed E-state index contributed by atoms with van der Waals surface area (Å²) in [4.78, 5) is 15.0. The van der Waals surface area contributed by atoms with Crippen molar-refractivity contribution < 1.29 is 18.3 Å². The second-order valence-electron chi connectivity index (χ2n) is 7.03. The van der Waals surface area contributed by atoms with E-state index in [9.17, 15) is 13.2 Å². The molecule has 1 atom stereocenters. The maximum absolute atomic E-state index is 12.9. The van der Waals surface area contributed by atoms with E-state index in [0.717, 1.165) is 0 Å². The fourth-order valence-corrected chi connectivity index (χ4v) is 4.68. The number of benzene rings is 2. The molecule has 1 heterocycles. The van der Waals surface area contributed by atoms with Gasteiger partial charge in [0, 0.05) is 24.9 Å². The molecule has 2 N–H and O–H groups in total. The lowest BCUT2D eigenvalue weighted by molar-refractivity contribution is -0.136. The standard InChI is InChI=1S/C23H20Cl2N2O4S/c1-2-19(20-7-4-8-21(24)23(20)25)17-11-18(14-26-13-17)32(30,31)27-12-16-6-3-5-15(9-16)10-22(28)29/h2-9,11,13-14,19,27H,1,10,12H2,(H,28,29). The predicted molar refractivity (Wildman–Crippen MR) is 125 cm³/mol. The Bertz CT molecular complexity index is 1260. The lowest BCUT2D eigenvalue weighted by Gasteiger charge is -2.16. The summed E-state index contributed by atoms with van der Waals surface area (Å²) in [6, 6.07) is 13.5. The Hall–Kier alpha value is -2.71. The minimum atomic E-state index is -3.88. The van der Waals surface area contributed by atoms with Crippen molar-refractivity contribution in [3.05, 3.63) is 106 Å². The lowest BCUT2D eigenvalue weighted by atomic mass is 9.92. The van der Waals surface area contributed by atoms with Crippen molar-refractivity contribution in [1.82, 2.24) is 9.71 Å². The molecule has 0 saturated carbocycles. The number of sulfonamides is 1. The van der Waals surface area contributed by atoms with Crippen molar-refractivity contribution in [1.29, 1.82) is 0 Å². The first kappa shape index (κ1) is 23.9. The quantitative estimate of drug-likeness (QED) is 0.419. The fourth-order valence-electron chi connectivity index (χ4n) is 3.24. The molecule has 3 rings (SSSR count). The van der Waals surface area contributed by atoms with Gasteiger partial charge in [0.05, 0.1) is 16.5 Å². The van der Waals surface area contributed by atoms with Crippen LogP contribution in [0.25, 0.3) is 0 Å². The van der Waals surface area contributed by atoms with Crippen LogP contribution < -0.4 is 4.72 Å². The minimum absolute atomic E-state index is 0.00499. The first-order valence-corrected chi connectivity index (χ1v) is 11.8. The smallest absolute Gasteiger partial charge is 0.307 e. The van der Waals surface area contributed by atoms with E-state index in [0.29, 0.717) is 32.3 Å². The van der Waals surface area contributed by atoms with Crippen LogP contribution >= 0.6 is 23.2 Å². The number of pyridine rings is 1. The van der Waals surface area contributed by atoms with Gasteiger partial charge in [-0.05, 0) is 34.4 Å². The van der Waals surface area contributed by atoms with Crippen LogP contribution in [0, 0.1) is 0 Å². The number of halogens is 2. The molecule has 0 amide bonds. The largest absolute Gasteiger partial charge is 0.481 e. The Balaban J connectivity index is 1.84. The molecule has 0 aliphatic carbocycles. The van der Waals surface area contributed by atoms with Gasteiger partial charge in [-0.2, -0.15) is 0 Å². The Morgan fingerprint density at radius 3 is 2.56 bits per heavy atom. The molecule has 2 aromatic carbocycles. The van der Waals surface area contributed by atoms with Gasteiger partial charge in [-0.15, -0.1) is 6.58 Å². The number of allylic oxidation sites excluding steroid dienone is 1. The van der Waals surface area contributed by atoms with Gasteiger partial charge in [0.25, 0.3) is 0 Å². The molecule has 32 heavy (non-hydrogen) atoms. The molecule has 1 unspecified atom stereocenters. The van der Waals surface area contributed by atoms with Crippen LogP contribution in [-0.4, -0.2) is 24.5 Å². The molecule has 6 nitrogen and oxygen atoms in total. The zero-order valence-electron chi connectivity index (χ0n) is 16.8. The van der Waals surface area contributed by atoms with E-state index in [4.69, 9.17) is 28.3 Å². The van der Waals surface area contributed by atoms with E-state index < -0.39 is 21.9 Å². The van der Waals surface area contributed by atoms with E-state index in [2.05, 4.69) is 16.3 Å². The molecular weight excluding hydrogens is 471 g/mol. The number of aliphatic carboxylic acids is 1. The van der Waals surface area contributed by atoms with Crippen LogP contribution in [-0.2, 0) is 27.8 Å². The van der Waals surface area contributed by atoms with Crippen LogP contribution in [0.3, 0.4) is 0 Å². The van der Waals surface area contributed by atoms with E-state index >= 15 is 0 Å². The summed E-state index contributed by atoms with van der Waals surface area (Å²) in [5.41, 5.74) is 2.51. The van der Waals surface area contributed by atoms with Gasteiger partial charge in [-0.3, -0.25) is 9.78 Å². The molecule has 0 spiro atoms. The van der Waals surface area contributed by atoms with Gasteiger partial charge in [-0.1, -0.05) is 65.7 Å². The summed E-state index contributed by atoms with van der Waals surface area (Å²) < 4.78 is 28.3. The van der Waals surface area contributed by atoms with Crippen molar-refractivity contribution in [3.8, 4) is 0 Å². The summed E-state index contributed by atoms with van der Waals surface area (Å²) in [6.45, 7) is 3.85. The number of hydrogen-bond acceptors (Lipinski definition) is 4. The van der Waals surface area contributed by atoms with Crippen molar-refractivity contribution in [2.24, 2.45) is 0 Å². The molecule has 0 bridgehead atoms. The maximum Gasteiger partial charge on any atom is 0.307 e. The van der Waals surface area contributed by atoms with Gasteiger partial charge < -0.3 is 5.11 Å². The second kappa shape index (κ2) is 10.3. The molecule has 166 valence electrons. The first-order valence-electron chi connectivity index (χ1n) is 9.52. The summed E-state index contributed by atoms with van der Waals surface area (Å²) in [6.07, 6.45) is 4.32. The average molecular weight is 491 g/mol. The summed E-state index contributed by atoms with van der Waals surface area (Å²) in [5.74, 6) is -1.36. The monoisotopic (exact) mass is 490 g/mol. The Labute approximate surface area is 196 Å². The zero-order chi connectivity index (χ0) is 23.3. The molecule has 0 radical (unpaired) electrons. The predicted octanol–water partition coefficient (Wildman–Crippen LogP) is 4.81. The molecule has 1 aromatic heterocycles. The number of nitrogens with one attached hydrogen (secondary N) is 1. The first-order chi connectivity index (χ1) is 15.2. The second-order valence-corrected chi connectivity index (χ2v) is 9.58. The van der Waals surface area contributed by atoms with Gasteiger partial charge >= 0.3 is 5.97 Å². The fraction of sp³-hybridized carbons (Fsp3) is 0.130. The van der Waals surface area contributed by atoms with Crippen LogP contribution in [0.4, 0.5) is 0 Å². The van der Waals surface area contributed by atoms with E-state index in [1.807, 2.05) is 0 Å². The van der Waals surface area contributed by atoms with Crippen LogP contribution in [0.15, 0.2) is 78.5 Å². The molecule has 0 saturated heterocycles. The highest BCUT2D eigenvalue weighted by molar-refractivity contribution is 7.89. The summed E-state index contributed by atoms with van der Waals surface area (Å²) in [7, 11) is -3.88. The molecule has 0 aliphatic rings. The normalized spacial score (nSPS) is 12.3. The van der Waals surface area contributed by atoms with Gasteiger partial charge in [-0.25, -0.2) is 13.1 Å². The van der Waals surface area contributed by atoms with Gasteiger partial charge in [0.1, 0.15) is 4.90 Å². The highest BCUT2D eigenvalue weighted by Crippen LogP contribution is 2.35. The van der Waals surface area contributed by atoms with Crippen LogP contribution in [0.5, 0.6) is 0 Å². The molecular formula is C23H20Cl2N2O4S. The summed E-state index contributed by atoms with van der Waals surface area (Å²) >= 11 is 12.5. The van der Waals surface area contributed by atoms with Crippen molar-refractivity contribution in [2.75, 3.05) is 0 Å². The third-order valence-corrected chi connectivity index (χ3v) is 6.97. The Morgan fingerprint density at radius 2 is 1.84 bits per heavy atom. The number of nitrogens with zero attached hydrogens (tertiary/aromatic N) is 1. The van der Waals surface area contributed by atoms with Crippen molar-refractivity contribution in [3.63, 3.8) is 0 Å². The average Bonchev–Trinajstić information content (AvgIpc) is 2.76. The minimum Gasteiger partial charge on any atom is -0.481 e. The number of rotatable bonds is 9. The number of carbonyl (C=O) groups is 1. The van der Waals surface area contributed by atoms with E-state index in [-0.39, 0.29) is 17.9 Å². The molecule has 0 fully saturated rings. The summed E-state index contributed by atoms with van der Waals surface area (Å²) in [5, 5.41) is 9.69. The Morgan fingerprint density at radius 1 is 1.12 bits per heavy atom. The lowest BCUT2D eigenvalue weighted by Crippen LogP contribution is -2.23. The van der Waals surface area contributed by atoms with Crippen LogP contribution in [0.1, 0.15) is 28.2 Å². The third kappa shape index (κ3) is 5.75. The third-order valence-electron chi connectivity index (χ3n) is 4.77. The van der Waals surface area contributed by atoms with Crippen LogP contribution in [0.2, 0.25) is 10.0 Å². The molecule has 3 aromatic rings. The number of carboxylic acids is 1. The van der Waals surface area contributed by atoms with E-state index in [1.54, 1.807) is 54.7 Å². The van der Waals surface area contributed by atoms with Gasteiger partial charge in [0.2, 0.25) is 10.0 Å². The number of hydrogen-bond donors (Lipinski definition) is 2. The van der Waals surface area contributed by atoms with E-state index in [1.165, 1.54) is 12.3 Å².